The zero-order valence-corrected chi connectivity index (χ0v) is 21.1. The molecule has 3 unspecified atom stereocenters. The lowest BCUT2D eigenvalue weighted by Crippen LogP contribution is -2.60. The number of nitrogens with zero attached hydrogens (tertiary/aromatic N) is 1. The lowest BCUT2D eigenvalue weighted by molar-refractivity contribution is -0.956. The van der Waals surface area contributed by atoms with E-state index in [-0.39, 0.29) is 6.10 Å². The van der Waals surface area contributed by atoms with E-state index in [0.717, 1.165) is 12.8 Å². The SMILES string of the molecule is COC(=O)OC(C)OC(C(=O)OC1CC2CCC(C1)[N+]21CCCC1)(c1ccccc1)c1ccccc1. The van der Waals surface area contributed by atoms with Crippen LogP contribution < -0.4 is 0 Å². The van der Waals surface area contributed by atoms with Crippen molar-refractivity contribution >= 4 is 12.1 Å². The lowest BCUT2D eigenvalue weighted by atomic mass is 9.85. The number of hydrogen-bond acceptors (Lipinski definition) is 6. The largest absolute Gasteiger partial charge is 0.510 e. The monoisotopic (exact) mass is 494 g/mol. The summed E-state index contributed by atoms with van der Waals surface area (Å²) in [6, 6.07) is 19.7. The van der Waals surface area contributed by atoms with Gasteiger partial charge in [-0.05, 0) is 18.1 Å². The summed E-state index contributed by atoms with van der Waals surface area (Å²) in [5.74, 6) is -0.487. The first-order valence-electron chi connectivity index (χ1n) is 13.1. The smallest absolute Gasteiger partial charge is 0.459 e. The molecule has 5 rings (SSSR count). The van der Waals surface area contributed by atoms with Gasteiger partial charge in [-0.25, -0.2) is 9.59 Å². The molecule has 36 heavy (non-hydrogen) atoms. The Hall–Kier alpha value is -2.90. The number of quaternary nitrogens is 1. The summed E-state index contributed by atoms with van der Waals surface area (Å²) in [7, 11) is 1.23. The molecular formula is C29H36NO6+. The van der Waals surface area contributed by atoms with Crippen LogP contribution in [0.25, 0.3) is 0 Å². The molecule has 3 atom stereocenters. The third-order valence-electron chi connectivity index (χ3n) is 8.45. The maximum Gasteiger partial charge on any atom is 0.510 e. The standard InChI is InChI=1S/C29H36NO6/c1-21(34-28(32)33-2)36-29(22-11-5-3-6-12-22,23-13-7-4-8-14-23)27(31)35-26-19-24-15-16-25(20-26)30(24)17-9-10-18-30/h3-8,11-14,21,24-26H,9-10,15-20H2,1-2H3/q+1. The second-order valence-electron chi connectivity index (χ2n) is 10.3. The zero-order valence-electron chi connectivity index (χ0n) is 21.1. The van der Waals surface area contributed by atoms with Gasteiger partial charge in [0.15, 0.2) is 0 Å². The second-order valence-corrected chi connectivity index (χ2v) is 10.3. The number of carbonyl (C=O) groups excluding carboxylic acids is 2. The van der Waals surface area contributed by atoms with E-state index in [0.29, 0.717) is 23.2 Å². The molecule has 2 aromatic rings. The summed E-state index contributed by atoms with van der Waals surface area (Å²) in [6.45, 7) is 4.10. The summed E-state index contributed by atoms with van der Waals surface area (Å²) in [5, 5.41) is 0. The molecule has 2 aromatic carbocycles. The predicted octanol–water partition coefficient (Wildman–Crippen LogP) is 4.92. The van der Waals surface area contributed by atoms with Crippen molar-refractivity contribution in [2.75, 3.05) is 20.2 Å². The van der Waals surface area contributed by atoms with Gasteiger partial charge in [-0.3, -0.25) is 0 Å². The maximum absolute atomic E-state index is 14.2. The Morgan fingerprint density at radius 3 is 1.92 bits per heavy atom. The van der Waals surface area contributed by atoms with E-state index < -0.39 is 24.0 Å². The van der Waals surface area contributed by atoms with Gasteiger partial charge >= 0.3 is 12.1 Å². The quantitative estimate of drug-likeness (QED) is 0.309. The molecular weight excluding hydrogens is 458 g/mol. The fraction of sp³-hybridized carbons (Fsp3) is 0.517. The minimum atomic E-state index is -1.60. The topological polar surface area (TPSA) is 71.1 Å². The van der Waals surface area contributed by atoms with E-state index in [1.54, 1.807) is 6.92 Å². The van der Waals surface area contributed by atoms with E-state index in [9.17, 15) is 9.59 Å². The van der Waals surface area contributed by atoms with Crippen molar-refractivity contribution in [1.82, 2.24) is 0 Å². The highest BCUT2D eigenvalue weighted by atomic mass is 16.8. The third kappa shape index (κ3) is 4.39. The maximum atomic E-state index is 14.2. The van der Waals surface area contributed by atoms with Crippen molar-refractivity contribution in [2.45, 2.75) is 75.5 Å². The van der Waals surface area contributed by atoms with Gasteiger partial charge in [0.05, 0.1) is 32.3 Å². The summed E-state index contributed by atoms with van der Waals surface area (Å²) >= 11 is 0. The first-order valence-corrected chi connectivity index (χ1v) is 13.1. The highest BCUT2D eigenvalue weighted by Gasteiger charge is 2.57. The molecule has 0 amide bonds. The van der Waals surface area contributed by atoms with Crippen molar-refractivity contribution < 1.29 is 33.0 Å². The fourth-order valence-corrected chi connectivity index (χ4v) is 6.93. The molecule has 0 aliphatic carbocycles. The number of piperidine rings is 1. The molecule has 1 spiro atoms. The number of rotatable bonds is 7. The average molecular weight is 495 g/mol. The van der Waals surface area contributed by atoms with Crippen molar-refractivity contribution in [1.29, 1.82) is 0 Å². The summed E-state index contributed by atoms with van der Waals surface area (Å²) in [4.78, 5) is 26.1. The molecule has 2 bridgehead atoms. The highest BCUT2D eigenvalue weighted by molar-refractivity contribution is 5.86. The molecule has 0 radical (unpaired) electrons. The van der Waals surface area contributed by atoms with Crippen LogP contribution in [0.5, 0.6) is 0 Å². The van der Waals surface area contributed by atoms with E-state index in [2.05, 4.69) is 4.74 Å². The fourth-order valence-electron chi connectivity index (χ4n) is 6.93. The predicted molar refractivity (Wildman–Crippen MR) is 133 cm³/mol. The summed E-state index contributed by atoms with van der Waals surface area (Å²) in [5.41, 5.74) is -0.376. The van der Waals surface area contributed by atoms with Crippen LogP contribution in [0.3, 0.4) is 0 Å². The molecule has 3 aliphatic rings. The normalized spacial score (nSPS) is 25.3. The van der Waals surface area contributed by atoms with Crippen LogP contribution in [-0.4, -0.2) is 61.3 Å². The van der Waals surface area contributed by atoms with Gasteiger partial charge in [0.1, 0.15) is 6.10 Å². The van der Waals surface area contributed by atoms with Gasteiger partial charge in [-0.1, -0.05) is 60.7 Å². The van der Waals surface area contributed by atoms with Crippen molar-refractivity contribution in [2.24, 2.45) is 0 Å². The second kappa shape index (κ2) is 10.2. The minimum absolute atomic E-state index is 0.161. The summed E-state index contributed by atoms with van der Waals surface area (Å²) in [6.07, 6.45) is 4.69. The third-order valence-corrected chi connectivity index (χ3v) is 8.45. The number of carbonyl (C=O) groups is 2. The van der Waals surface area contributed by atoms with E-state index in [1.165, 1.54) is 50.4 Å². The van der Waals surface area contributed by atoms with Gasteiger partial charge < -0.3 is 23.4 Å². The Morgan fingerprint density at radius 1 is 0.889 bits per heavy atom. The first-order chi connectivity index (χ1) is 17.5. The van der Waals surface area contributed by atoms with Gasteiger partial charge in [0.2, 0.25) is 11.9 Å². The Morgan fingerprint density at radius 2 is 1.42 bits per heavy atom. The van der Waals surface area contributed by atoms with E-state index >= 15 is 0 Å². The minimum Gasteiger partial charge on any atom is -0.459 e. The van der Waals surface area contributed by atoms with Gasteiger partial charge in [-0.2, -0.15) is 0 Å². The average Bonchev–Trinajstić information content (AvgIpc) is 3.44. The zero-order chi connectivity index (χ0) is 25.2. The van der Waals surface area contributed by atoms with Crippen LogP contribution in [-0.2, 0) is 29.3 Å². The Kier molecular flexibility index (Phi) is 7.04. The van der Waals surface area contributed by atoms with E-state index in [4.69, 9.17) is 14.2 Å². The molecule has 3 heterocycles. The molecule has 3 fully saturated rings. The Balaban J connectivity index is 1.47. The van der Waals surface area contributed by atoms with Crippen LogP contribution in [0.15, 0.2) is 60.7 Å². The van der Waals surface area contributed by atoms with Gasteiger partial charge in [0, 0.05) is 38.5 Å². The molecule has 3 aliphatic heterocycles. The number of esters is 1. The van der Waals surface area contributed by atoms with Crippen molar-refractivity contribution in [3.05, 3.63) is 71.8 Å². The molecule has 192 valence electrons. The van der Waals surface area contributed by atoms with Crippen LogP contribution in [0, 0.1) is 0 Å². The molecule has 7 heteroatoms. The lowest BCUT2D eigenvalue weighted by Gasteiger charge is -2.47. The van der Waals surface area contributed by atoms with Crippen molar-refractivity contribution in [3.63, 3.8) is 0 Å². The van der Waals surface area contributed by atoms with Gasteiger partial charge in [0.25, 0.3) is 0 Å². The van der Waals surface area contributed by atoms with Crippen molar-refractivity contribution in [3.8, 4) is 0 Å². The summed E-state index contributed by atoms with van der Waals surface area (Å²) < 4.78 is 23.8. The molecule has 0 saturated carbocycles. The molecule has 0 aromatic heterocycles. The number of benzene rings is 2. The highest BCUT2D eigenvalue weighted by Crippen LogP contribution is 2.47. The molecule has 0 N–H and O–H groups in total. The number of ether oxygens (including phenoxy) is 4. The van der Waals surface area contributed by atoms with Gasteiger partial charge in [-0.15, -0.1) is 0 Å². The van der Waals surface area contributed by atoms with Crippen LogP contribution in [0.4, 0.5) is 4.79 Å². The van der Waals surface area contributed by atoms with Crippen LogP contribution in [0.2, 0.25) is 0 Å². The van der Waals surface area contributed by atoms with E-state index in [1.807, 2.05) is 60.7 Å². The Bertz CT molecular complexity index is 996. The number of hydrogen-bond donors (Lipinski definition) is 0. The molecule has 7 nitrogen and oxygen atoms in total. The Labute approximate surface area is 212 Å². The van der Waals surface area contributed by atoms with Crippen LogP contribution >= 0.6 is 0 Å². The molecule has 3 saturated heterocycles. The first kappa shape index (κ1) is 24.8. The van der Waals surface area contributed by atoms with Crippen LogP contribution in [0.1, 0.15) is 56.6 Å². The number of methoxy groups -OCH3 is 1.